The van der Waals surface area contributed by atoms with E-state index in [1.165, 1.54) is 18.0 Å². The first-order valence-corrected chi connectivity index (χ1v) is 9.08. The van der Waals surface area contributed by atoms with Crippen molar-refractivity contribution in [1.82, 2.24) is 0 Å². The number of Topliss-reactive ketones (excluding diaryl/α,β-unsaturated/α-hetero) is 1. The molecule has 1 aliphatic carbocycles. The maximum absolute atomic E-state index is 12.9. The summed E-state index contributed by atoms with van der Waals surface area (Å²) in [5.41, 5.74) is 14.3. The van der Waals surface area contributed by atoms with Gasteiger partial charge in [-0.3, -0.25) is 4.79 Å². The number of carbonyl (C=O) groups is 1. The molecule has 1 aliphatic rings. The van der Waals surface area contributed by atoms with Crippen molar-refractivity contribution >= 4 is 68.5 Å². The monoisotopic (exact) mass is 446 g/mol. The predicted molar refractivity (Wildman–Crippen MR) is 112 cm³/mol. The molecule has 2 aromatic carbocycles. The van der Waals surface area contributed by atoms with Gasteiger partial charge in [-0.05, 0) is 34.1 Å². The molecule has 138 valence electrons. The molecular formula is C19H16BrClN4O2. The molecule has 0 radical (unpaired) electrons. The molecule has 0 spiro atoms. The lowest BCUT2D eigenvalue weighted by molar-refractivity contribution is -0.420. The van der Waals surface area contributed by atoms with Crippen molar-refractivity contribution in [3.8, 4) is 5.75 Å². The van der Waals surface area contributed by atoms with Gasteiger partial charge in [0.15, 0.2) is 0 Å². The van der Waals surface area contributed by atoms with Gasteiger partial charge >= 0.3 is 0 Å². The molecule has 0 amide bonds. The molecule has 0 atom stereocenters. The predicted octanol–water partition coefficient (Wildman–Crippen LogP) is 3.75. The Morgan fingerprint density at radius 3 is 2.74 bits per heavy atom. The van der Waals surface area contributed by atoms with Crippen LogP contribution in [0.1, 0.15) is 15.9 Å². The summed E-state index contributed by atoms with van der Waals surface area (Å²) in [6, 6.07) is 8.64. The van der Waals surface area contributed by atoms with E-state index < -0.39 is 5.78 Å². The van der Waals surface area contributed by atoms with Crippen LogP contribution in [-0.2, 0) is 0 Å². The number of allylic oxidation sites excluding steroid dienone is 1. The molecule has 0 fully saturated rings. The number of aliphatic imine (C=N–C) groups is 1. The fraction of sp³-hybridized carbons (Fsp3) is 0.0526. The summed E-state index contributed by atoms with van der Waals surface area (Å²) in [6.07, 6.45) is 1.43. The van der Waals surface area contributed by atoms with E-state index in [0.717, 1.165) is 5.69 Å². The quantitative estimate of drug-likeness (QED) is 0.218. The Morgan fingerprint density at radius 2 is 2.04 bits per heavy atom. The minimum atomic E-state index is -0.412. The number of hydrogen-bond donors (Lipinski definition) is 3. The Balaban J connectivity index is 2.07. The highest BCUT2D eigenvalue weighted by molar-refractivity contribution is 9.10. The van der Waals surface area contributed by atoms with Crippen LogP contribution in [0, 0.1) is 5.88 Å². The molecule has 0 heterocycles. The largest absolute Gasteiger partial charge is 0.506 e. The summed E-state index contributed by atoms with van der Waals surface area (Å²) < 4.78 is 2.05. The van der Waals surface area contributed by atoms with E-state index in [1.54, 1.807) is 22.8 Å². The Bertz CT molecular complexity index is 1030. The van der Waals surface area contributed by atoms with Crippen LogP contribution < -0.4 is 11.5 Å². The zero-order valence-electron chi connectivity index (χ0n) is 14.1. The van der Waals surface area contributed by atoms with Gasteiger partial charge in [-0.15, -0.1) is 0 Å². The van der Waals surface area contributed by atoms with E-state index in [-0.39, 0.29) is 34.0 Å². The van der Waals surface area contributed by atoms with E-state index in [9.17, 15) is 9.90 Å². The number of nitrogens with zero attached hydrogens (tertiary/aromatic N) is 2. The van der Waals surface area contributed by atoms with Gasteiger partial charge in [0.25, 0.3) is 0 Å². The second kappa shape index (κ2) is 7.54. The van der Waals surface area contributed by atoms with Crippen molar-refractivity contribution in [1.29, 1.82) is 0 Å². The van der Waals surface area contributed by atoms with E-state index in [0.29, 0.717) is 16.7 Å². The number of carbonyl (C=O) groups excluding carboxylic acids is 1. The molecule has 0 bridgehead atoms. The molecule has 0 saturated carbocycles. The average Bonchev–Trinajstić information content (AvgIpc) is 2.63. The highest BCUT2D eigenvalue weighted by Gasteiger charge is 2.29. The number of fused-ring (bicyclic) bond motifs is 1. The molecule has 0 unspecified atom stereocenters. The fourth-order valence-corrected chi connectivity index (χ4v) is 3.38. The van der Waals surface area contributed by atoms with Gasteiger partial charge in [-0.1, -0.05) is 6.07 Å². The number of phenolic OH excluding ortho intramolecular Hbond substituents is 1. The maximum Gasteiger partial charge on any atom is 0.214 e. The molecular weight excluding hydrogens is 432 g/mol. The molecule has 0 saturated heterocycles. The highest BCUT2D eigenvalue weighted by atomic mass is 79.9. The van der Waals surface area contributed by atoms with E-state index in [4.69, 9.17) is 23.1 Å². The molecule has 6 nitrogen and oxygen atoms in total. The lowest BCUT2D eigenvalue weighted by Gasteiger charge is -2.19. The van der Waals surface area contributed by atoms with Crippen LogP contribution in [0.25, 0.3) is 5.70 Å². The van der Waals surface area contributed by atoms with Crippen molar-refractivity contribution in [2.24, 2.45) is 10.7 Å². The minimum Gasteiger partial charge on any atom is -0.506 e. The first-order chi connectivity index (χ1) is 12.8. The summed E-state index contributed by atoms with van der Waals surface area (Å²) in [6.45, 7) is 4.34. The Hall–Kier alpha value is -2.64. The van der Waals surface area contributed by atoms with Gasteiger partial charge in [0, 0.05) is 30.1 Å². The van der Waals surface area contributed by atoms with Gasteiger partial charge in [-0.25, -0.2) is 9.57 Å². The Kier molecular flexibility index (Phi) is 5.34. The van der Waals surface area contributed by atoms with E-state index in [1.807, 2.05) is 6.07 Å². The average molecular weight is 448 g/mol. The lowest BCUT2D eigenvalue weighted by atomic mass is 9.90. The molecule has 0 aromatic heterocycles. The molecule has 8 heteroatoms. The van der Waals surface area contributed by atoms with Crippen LogP contribution in [0.2, 0.25) is 0 Å². The van der Waals surface area contributed by atoms with Crippen LogP contribution in [-0.4, -0.2) is 34.4 Å². The van der Waals surface area contributed by atoms with E-state index >= 15 is 0 Å². The first-order valence-electron chi connectivity index (χ1n) is 7.85. The van der Waals surface area contributed by atoms with Crippen LogP contribution in [0.3, 0.4) is 0 Å². The van der Waals surface area contributed by atoms with Crippen LogP contribution in [0.15, 0.2) is 45.9 Å². The smallest absolute Gasteiger partial charge is 0.214 e. The third-order valence-corrected chi connectivity index (χ3v) is 4.80. The third kappa shape index (κ3) is 3.61. The van der Waals surface area contributed by atoms with Crippen molar-refractivity contribution in [2.75, 3.05) is 12.3 Å². The summed E-state index contributed by atoms with van der Waals surface area (Å²) in [5, 5.41) is 10.2. The number of nitrogen functional groups attached to an aromatic ring is 1. The number of anilines is 1. The number of rotatable bonds is 4. The second-order valence-electron chi connectivity index (χ2n) is 5.87. The Labute approximate surface area is 169 Å². The number of nitrogens with two attached hydrogens (primary N) is 2. The van der Waals surface area contributed by atoms with Gasteiger partial charge < -0.3 is 28.2 Å². The number of hydrogen-bond acceptors (Lipinski definition) is 5. The fourth-order valence-electron chi connectivity index (χ4n) is 2.77. The summed E-state index contributed by atoms with van der Waals surface area (Å²) in [4.78, 5) is 17.3. The van der Waals surface area contributed by atoms with Crippen LogP contribution >= 0.6 is 27.5 Å². The number of phenols is 1. The summed E-state index contributed by atoms with van der Waals surface area (Å²) in [7, 11) is 0. The van der Waals surface area contributed by atoms with Crippen LogP contribution in [0.4, 0.5) is 17.1 Å². The number of aromatic hydroxyl groups is 1. The number of halogens is 2. The van der Waals surface area contributed by atoms with Gasteiger partial charge in [-0.2, -0.15) is 5.88 Å². The molecule has 3 rings (SSSR count). The maximum atomic E-state index is 12.9. The summed E-state index contributed by atoms with van der Waals surface area (Å²) in [5.74, 6) is 0.919. The summed E-state index contributed by atoms with van der Waals surface area (Å²) >= 11 is 8.83. The Morgan fingerprint density at radius 1 is 1.30 bits per heavy atom. The zero-order chi connectivity index (χ0) is 19.7. The van der Waals surface area contributed by atoms with Gasteiger partial charge in [0.05, 0.1) is 21.3 Å². The van der Waals surface area contributed by atoms with Gasteiger partial charge in [0.2, 0.25) is 11.5 Å². The van der Waals surface area contributed by atoms with Crippen molar-refractivity contribution < 1.29 is 14.5 Å². The molecule has 5 N–H and O–H groups in total. The van der Waals surface area contributed by atoms with Gasteiger partial charge in [0.1, 0.15) is 18.2 Å². The minimum absolute atomic E-state index is 0.130. The van der Waals surface area contributed by atoms with Crippen molar-refractivity contribution in [3.63, 3.8) is 0 Å². The number of benzene rings is 2. The molecule has 27 heavy (non-hydrogen) atoms. The third-order valence-electron chi connectivity index (χ3n) is 4.06. The highest BCUT2D eigenvalue weighted by Crippen LogP contribution is 2.40. The first kappa shape index (κ1) is 19.1. The lowest BCUT2D eigenvalue weighted by Crippen LogP contribution is -2.23. The number of ketones is 1. The van der Waals surface area contributed by atoms with E-state index in [2.05, 4.69) is 27.6 Å². The zero-order valence-corrected chi connectivity index (χ0v) is 16.5. The molecule has 2 aromatic rings. The normalized spacial score (nSPS) is 14.8. The molecule has 0 aliphatic heterocycles. The second-order valence-corrected chi connectivity index (χ2v) is 7.03. The topological polar surface area (TPSA) is 105 Å². The van der Waals surface area contributed by atoms with Crippen molar-refractivity contribution in [2.45, 2.75) is 0 Å². The standard InChI is InChI=1S/C19H16BrClN4O2/c1-25(6-5-21)11-4-2-3-10(7-11)24-15-9-14(23)16-17(19(15)27)13(22)8-12(20)18(16)26/h2-5,7-9,26H,1,6,22-23H2. The van der Waals surface area contributed by atoms with Crippen molar-refractivity contribution in [3.05, 3.63) is 57.9 Å². The van der Waals surface area contributed by atoms with Crippen LogP contribution in [0.5, 0.6) is 5.75 Å². The SMILES string of the molecule is C=[N+](C[CH-]Cl)c1cccc(N=C2C=C(N)c3c(O)c(Br)cc(N)c3C2=O)c1.